The fraction of sp³-hybridized carbons (Fsp3) is 0.318. The number of carbonyl (C=O) groups is 1. The number of halogens is 2. The average molecular weight is 461 g/mol. The molecule has 1 aromatic heterocycles. The van der Waals surface area contributed by atoms with Crippen molar-refractivity contribution in [1.82, 2.24) is 9.97 Å². The monoisotopic (exact) mass is 460 g/mol. The van der Waals surface area contributed by atoms with Crippen molar-refractivity contribution >= 4 is 39.3 Å². The van der Waals surface area contributed by atoms with E-state index in [1.807, 2.05) is 11.8 Å². The number of nitrogens with one attached hydrogen (secondary N) is 1. The van der Waals surface area contributed by atoms with Gasteiger partial charge in [0.15, 0.2) is 17.4 Å². The van der Waals surface area contributed by atoms with Gasteiger partial charge in [-0.25, -0.2) is 18.0 Å². The van der Waals surface area contributed by atoms with Crippen LogP contribution in [-0.2, 0) is 15.7 Å². The maximum absolute atomic E-state index is 14.5. The molecule has 3 aromatic rings. The molecular formula is C22H22F2N4O3S. The molecule has 2 aromatic carbocycles. The summed E-state index contributed by atoms with van der Waals surface area (Å²) in [5.41, 5.74) is 0.831. The van der Waals surface area contributed by atoms with E-state index in [2.05, 4.69) is 14.7 Å². The molecule has 0 bridgehead atoms. The van der Waals surface area contributed by atoms with Gasteiger partial charge in [0.05, 0.1) is 41.7 Å². The number of nitrogens with zero attached hydrogens (tertiary/aromatic N) is 3. The topological polar surface area (TPSA) is 84.4 Å². The van der Waals surface area contributed by atoms with E-state index in [-0.39, 0.29) is 11.3 Å². The Morgan fingerprint density at radius 1 is 1.19 bits per heavy atom. The van der Waals surface area contributed by atoms with Crippen LogP contribution < -0.4 is 9.62 Å². The first-order chi connectivity index (χ1) is 15.5. The third-order valence-electron chi connectivity index (χ3n) is 5.02. The van der Waals surface area contributed by atoms with Gasteiger partial charge < -0.3 is 14.4 Å². The van der Waals surface area contributed by atoms with E-state index >= 15 is 0 Å². The summed E-state index contributed by atoms with van der Waals surface area (Å²) in [6, 6.07) is 6.70. The summed E-state index contributed by atoms with van der Waals surface area (Å²) in [7, 11) is -1.46. The van der Waals surface area contributed by atoms with Crippen LogP contribution >= 0.6 is 0 Å². The highest BCUT2D eigenvalue weighted by atomic mass is 32.2. The van der Waals surface area contributed by atoms with Gasteiger partial charge >= 0.3 is 0 Å². The summed E-state index contributed by atoms with van der Waals surface area (Å²) in [6.45, 7) is 4.41. The molecule has 1 saturated heterocycles. The first kappa shape index (κ1) is 22.2. The number of morpholine rings is 1. The van der Waals surface area contributed by atoms with Gasteiger partial charge in [0, 0.05) is 30.5 Å². The first-order valence-electron chi connectivity index (χ1n) is 10.2. The first-order valence-corrected chi connectivity index (χ1v) is 11.6. The number of benzene rings is 2. The smallest absolute Gasteiger partial charge is 0.196 e. The lowest BCUT2D eigenvalue weighted by molar-refractivity contribution is 0.103. The minimum atomic E-state index is -1.46. The van der Waals surface area contributed by atoms with Crippen molar-refractivity contribution in [1.29, 1.82) is 0 Å². The van der Waals surface area contributed by atoms with Gasteiger partial charge in [-0.15, -0.1) is 0 Å². The number of hydrogen-bond acceptors (Lipinski definition) is 6. The second kappa shape index (κ2) is 9.66. The Bertz CT molecular complexity index is 1190. The van der Waals surface area contributed by atoms with Gasteiger partial charge in [-0.2, -0.15) is 0 Å². The molecule has 0 aliphatic carbocycles. The molecule has 1 fully saturated rings. The Hall–Kier alpha value is -2.98. The average Bonchev–Trinajstić information content (AvgIpc) is 2.81. The minimum Gasteiger partial charge on any atom is -0.378 e. The van der Waals surface area contributed by atoms with Gasteiger partial charge in [-0.05, 0) is 30.7 Å². The van der Waals surface area contributed by atoms with E-state index in [0.717, 1.165) is 6.07 Å². The maximum atomic E-state index is 14.5. The lowest BCUT2D eigenvalue weighted by Gasteiger charge is -2.27. The van der Waals surface area contributed by atoms with Crippen LogP contribution in [0, 0.1) is 11.6 Å². The molecule has 2 heterocycles. The molecule has 168 valence electrons. The van der Waals surface area contributed by atoms with Crippen LogP contribution in [0.2, 0.25) is 0 Å². The van der Waals surface area contributed by atoms with Crippen LogP contribution in [0.1, 0.15) is 29.3 Å². The molecule has 1 aliphatic rings. The second-order valence-corrected chi connectivity index (χ2v) is 8.63. The molecule has 1 unspecified atom stereocenters. The second-order valence-electron chi connectivity index (χ2n) is 7.33. The van der Waals surface area contributed by atoms with Crippen molar-refractivity contribution < 1.29 is 22.5 Å². The number of ether oxygens (including phenoxy) is 1. The molecule has 0 saturated carbocycles. The van der Waals surface area contributed by atoms with Crippen LogP contribution in [0.25, 0.3) is 11.0 Å². The van der Waals surface area contributed by atoms with Crippen molar-refractivity contribution in [2.75, 3.05) is 41.7 Å². The van der Waals surface area contributed by atoms with E-state index in [0.29, 0.717) is 55.3 Å². The fourth-order valence-electron chi connectivity index (χ4n) is 3.42. The minimum absolute atomic E-state index is 0.0780. The highest BCUT2D eigenvalue weighted by Crippen LogP contribution is 2.24. The summed E-state index contributed by atoms with van der Waals surface area (Å²) in [6.07, 6.45) is 2.31. The van der Waals surface area contributed by atoms with E-state index in [9.17, 15) is 17.8 Å². The van der Waals surface area contributed by atoms with Gasteiger partial charge in [-0.3, -0.25) is 9.78 Å². The molecule has 0 spiro atoms. The van der Waals surface area contributed by atoms with E-state index < -0.39 is 34.0 Å². The predicted octanol–water partition coefficient (Wildman–Crippen LogP) is 3.46. The van der Waals surface area contributed by atoms with Gasteiger partial charge in [-0.1, -0.05) is 6.92 Å². The van der Waals surface area contributed by atoms with E-state index in [4.69, 9.17) is 4.74 Å². The van der Waals surface area contributed by atoms with E-state index in [1.165, 1.54) is 18.2 Å². The number of rotatable bonds is 7. The molecular weight excluding hydrogens is 438 g/mol. The lowest BCUT2D eigenvalue weighted by atomic mass is 10.0. The van der Waals surface area contributed by atoms with Crippen molar-refractivity contribution in [3.63, 3.8) is 0 Å². The Kier molecular flexibility index (Phi) is 6.71. The third kappa shape index (κ3) is 4.76. The fourth-order valence-corrected chi connectivity index (χ4v) is 4.28. The van der Waals surface area contributed by atoms with Gasteiger partial charge in [0.25, 0.3) is 0 Å². The van der Waals surface area contributed by atoms with Crippen molar-refractivity contribution in [2.24, 2.45) is 0 Å². The summed E-state index contributed by atoms with van der Waals surface area (Å²) >= 11 is 0. The predicted molar refractivity (Wildman–Crippen MR) is 119 cm³/mol. The molecule has 7 nitrogen and oxygen atoms in total. The Morgan fingerprint density at radius 2 is 1.97 bits per heavy atom. The summed E-state index contributed by atoms with van der Waals surface area (Å²) in [5.74, 6) is -2.15. The Labute approximate surface area is 186 Å². The quantitative estimate of drug-likeness (QED) is 0.544. The normalized spacial score (nSPS) is 15.0. The highest BCUT2D eigenvalue weighted by molar-refractivity contribution is 7.86. The molecule has 0 radical (unpaired) electrons. The Morgan fingerprint density at radius 3 is 2.72 bits per heavy atom. The number of hydrogen-bond donors (Lipinski definition) is 1. The molecule has 32 heavy (non-hydrogen) atoms. The van der Waals surface area contributed by atoms with E-state index in [1.54, 1.807) is 12.3 Å². The molecule has 4 rings (SSSR count). The Balaban J connectivity index is 1.66. The number of fused-ring (bicyclic) bond motifs is 1. The summed E-state index contributed by atoms with van der Waals surface area (Å²) in [4.78, 5) is 24.0. The molecule has 0 amide bonds. The highest BCUT2D eigenvalue weighted by Gasteiger charge is 2.20. The maximum Gasteiger partial charge on any atom is 0.196 e. The van der Waals surface area contributed by atoms with Crippen LogP contribution in [-0.4, -0.2) is 52.0 Å². The SMILES string of the molecule is CCCS(=O)Nc1cc(F)c(F)c(C(=O)c2ccc3ncc(N4CCOCC4)nc3c2)c1. The van der Waals surface area contributed by atoms with Crippen molar-refractivity contribution in [3.05, 3.63) is 59.3 Å². The van der Waals surface area contributed by atoms with Crippen molar-refractivity contribution in [2.45, 2.75) is 13.3 Å². The third-order valence-corrected chi connectivity index (χ3v) is 6.26. The molecule has 1 aliphatic heterocycles. The lowest BCUT2D eigenvalue weighted by Crippen LogP contribution is -2.36. The van der Waals surface area contributed by atoms with Crippen LogP contribution in [0.15, 0.2) is 36.5 Å². The number of aromatic nitrogens is 2. The summed E-state index contributed by atoms with van der Waals surface area (Å²) < 4.78 is 48.5. The van der Waals surface area contributed by atoms with Gasteiger partial charge in [0.1, 0.15) is 16.8 Å². The number of anilines is 2. The zero-order chi connectivity index (χ0) is 22.7. The molecule has 10 heteroatoms. The number of ketones is 1. The molecule has 1 atom stereocenters. The molecule has 1 N–H and O–H groups in total. The van der Waals surface area contributed by atoms with Crippen LogP contribution in [0.5, 0.6) is 0 Å². The van der Waals surface area contributed by atoms with Gasteiger partial charge in [0.2, 0.25) is 0 Å². The summed E-state index contributed by atoms with van der Waals surface area (Å²) in [5, 5.41) is 0. The zero-order valence-electron chi connectivity index (χ0n) is 17.4. The van der Waals surface area contributed by atoms with Crippen LogP contribution in [0.4, 0.5) is 20.3 Å². The largest absolute Gasteiger partial charge is 0.378 e. The van der Waals surface area contributed by atoms with Crippen LogP contribution in [0.3, 0.4) is 0 Å². The number of carbonyl (C=O) groups excluding carboxylic acids is 1. The standard InChI is InChI=1S/C22H22F2N4O3S/c1-2-9-32(30)27-15-11-16(21(24)17(23)12-15)22(29)14-3-4-18-19(10-14)26-20(13-25-18)28-5-7-31-8-6-28/h3-4,10-13,27H,2,5-9H2,1H3. The zero-order valence-corrected chi connectivity index (χ0v) is 18.3. The van der Waals surface area contributed by atoms with Crippen molar-refractivity contribution in [3.8, 4) is 0 Å².